The van der Waals surface area contributed by atoms with Crippen molar-refractivity contribution in [3.8, 4) is 0 Å². The van der Waals surface area contributed by atoms with Crippen LogP contribution in [-0.4, -0.2) is 34.0 Å². The van der Waals surface area contributed by atoms with Crippen LogP contribution >= 0.6 is 0 Å². The molecule has 1 saturated carbocycles. The van der Waals surface area contributed by atoms with Crippen LogP contribution in [0.2, 0.25) is 0 Å². The Labute approximate surface area is 138 Å². The number of rotatable bonds is 5. The van der Waals surface area contributed by atoms with Gasteiger partial charge in [0.2, 0.25) is 0 Å². The van der Waals surface area contributed by atoms with Gasteiger partial charge in [0, 0.05) is 29.9 Å². The van der Waals surface area contributed by atoms with Gasteiger partial charge in [-0.1, -0.05) is 12.8 Å². The molecule has 1 heterocycles. The Morgan fingerprint density at radius 2 is 1.96 bits per heavy atom. The Balaban J connectivity index is 1.93. The lowest BCUT2D eigenvalue weighted by Gasteiger charge is -2.31. The lowest BCUT2D eigenvalue weighted by atomic mass is 9.96. The minimum absolute atomic E-state index is 0.0486. The van der Waals surface area contributed by atoms with Gasteiger partial charge < -0.3 is 15.4 Å². The van der Waals surface area contributed by atoms with E-state index in [4.69, 9.17) is 4.74 Å². The van der Waals surface area contributed by atoms with Crippen molar-refractivity contribution in [1.29, 1.82) is 0 Å². The Morgan fingerprint density at radius 3 is 2.48 bits per heavy atom. The molecule has 3 N–H and O–H groups in total. The summed E-state index contributed by atoms with van der Waals surface area (Å²) in [5.74, 6) is 0. The molecule has 1 amide bonds. The highest BCUT2D eigenvalue weighted by molar-refractivity contribution is 5.67. The number of nitrogens with zero attached hydrogens (tertiary/aromatic N) is 1. The number of carbonyl (C=O) groups is 1. The number of alkyl carbamates (subject to hydrolysis) is 1. The first-order chi connectivity index (χ1) is 10.7. The number of hydrogen-bond donors (Lipinski definition) is 3. The summed E-state index contributed by atoms with van der Waals surface area (Å²) in [6, 6.07) is 0. The van der Waals surface area contributed by atoms with E-state index in [9.17, 15) is 4.79 Å². The molecule has 1 aromatic heterocycles. The smallest absolute Gasteiger partial charge is 0.407 e. The molecule has 2 rings (SSSR count). The largest absolute Gasteiger partial charge is 0.444 e. The average Bonchev–Trinajstić information content (AvgIpc) is 3.02. The van der Waals surface area contributed by atoms with E-state index in [1.165, 1.54) is 18.4 Å². The van der Waals surface area contributed by atoms with E-state index in [0.717, 1.165) is 30.8 Å². The van der Waals surface area contributed by atoms with Crippen LogP contribution in [0.5, 0.6) is 0 Å². The van der Waals surface area contributed by atoms with Crippen molar-refractivity contribution < 1.29 is 9.53 Å². The second-order valence-electron chi connectivity index (χ2n) is 7.61. The summed E-state index contributed by atoms with van der Waals surface area (Å²) in [6.45, 7) is 11.0. The maximum atomic E-state index is 11.9. The van der Waals surface area contributed by atoms with Gasteiger partial charge in [0.15, 0.2) is 0 Å². The molecule has 0 atom stereocenters. The Hall–Kier alpha value is -1.56. The van der Waals surface area contributed by atoms with Crippen molar-refractivity contribution in [2.75, 3.05) is 6.54 Å². The molecule has 0 saturated heterocycles. The second kappa shape index (κ2) is 6.91. The Morgan fingerprint density at radius 1 is 1.30 bits per heavy atom. The molecule has 6 nitrogen and oxygen atoms in total. The molecule has 6 heteroatoms. The second-order valence-corrected chi connectivity index (χ2v) is 7.61. The van der Waals surface area contributed by atoms with E-state index in [-0.39, 0.29) is 11.6 Å². The number of carbonyl (C=O) groups excluding carboxylic acids is 1. The summed E-state index contributed by atoms with van der Waals surface area (Å²) in [6.07, 6.45) is 4.16. The van der Waals surface area contributed by atoms with E-state index in [1.807, 2.05) is 34.6 Å². The molecule has 1 fully saturated rings. The van der Waals surface area contributed by atoms with Crippen LogP contribution in [0.3, 0.4) is 0 Å². The van der Waals surface area contributed by atoms with Crippen LogP contribution in [-0.2, 0) is 11.3 Å². The summed E-state index contributed by atoms with van der Waals surface area (Å²) >= 11 is 0. The SMILES string of the molecule is Cc1n[nH]c(C)c1CNC1(CNC(=O)OC(C)(C)C)CCCC1. The summed E-state index contributed by atoms with van der Waals surface area (Å²) in [4.78, 5) is 11.9. The van der Waals surface area contributed by atoms with Crippen LogP contribution < -0.4 is 10.6 Å². The number of aryl methyl sites for hydroxylation is 2. The fraction of sp³-hybridized carbons (Fsp3) is 0.765. The van der Waals surface area contributed by atoms with E-state index in [2.05, 4.69) is 20.8 Å². The fourth-order valence-corrected chi connectivity index (χ4v) is 3.13. The molecule has 0 radical (unpaired) electrons. The molecule has 0 spiro atoms. The zero-order valence-corrected chi connectivity index (χ0v) is 15.0. The summed E-state index contributed by atoms with van der Waals surface area (Å²) < 4.78 is 5.34. The van der Waals surface area contributed by atoms with Crippen LogP contribution in [0, 0.1) is 13.8 Å². The third kappa shape index (κ3) is 4.96. The third-order valence-corrected chi connectivity index (χ3v) is 4.45. The predicted octanol–water partition coefficient (Wildman–Crippen LogP) is 2.95. The van der Waals surface area contributed by atoms with E-state index in [1.54, 1.807) is 0 Å². The molecule has 0 aliphatic heterocycles. The number of ether oxygens (including phenoxy) is 1. The first-order valence-electron chi connectivity index (χ1n) is 8.43. The molecule has 0 bridgehead atoms. The van der Waals surface area contributed by atoms with Crippen molar-refractivity contribution in [3.05, 3.63) is 17.0 Å². The van der Waals surface area contributed by atoms with Gasteiger partial charge in [-0.2, -0.15) is 5.10 Å². The van der Waals surface area contributed by atoms with E-state index >= 15 is 0 Å². The number of nitrogens with one attached hydrogen (secondary N) is 3. The summed E-state index contributed by atoms with van der Waals surface area (Å²) in [5.41, 5.74) is 2.83. The molecular formula is C17H30N4O2. The zero-order chi connectivity index (χ0) is 17.1. The lowest BCUT2D eigenvalue weighted by Crippen LogP contribution is -2.52. The lowest BCUT2D eigenvalue weighted by molar-refractivity contribution is 0.0509. The van der Waals surface area contributed by atoms with Gasteiger partial charge in [-0.3, -0.25) is 5.10 Å². The van der Waals surface area contributed by atoms with Crippen LogP contribution in [0.4, 0.5) is 4.79 Å². The van der Waals surface area contributed by atoms with Gasteiger partial charge in [-0.15, -0.1) is 0 Å². The molecule has 0 unspecified atom stereocenters. The van der Waals surface area contributed by atoms with Crippen LogP contribution in [0.15, 0.2) is 0 Å². The Kier molecular flexibility index (Phi) is 5.34. The van der Waals surface area contributed by atoms with Crippen molar-refractivity contribution in [2.45, 2.75) is 78.0 Å². The quantitative estimate of drug-likeness (QED) is 0.779. The Bertz CT molecular complexity index is 520. The maximum Gasteiger partial charge on any atom is 0.407 e. The number of H-pyrrole nitrogens is 1. The van der Waals surface area contributed by atoms with Gasteiger partial charge in [0.05, 0.1) is 5.69 Å². The summed E-state index contributed by atoms with van der Waals surface area (Å²) in [5, 5.41) is 13.9. The van der Waals surface area contributed by atoms with Gasteiger partial charge in [0.25, 0.3) is 0 Å². The van der Waals surface area contributed by atoms with Gasteiger partial charge in [-0.25, -0.2) is 4.79 Å². The highest BCUT2D eigenvalue weighted by Gasteiger charge is 2.34. The van der Waals surface area contributed by atoms with Crippen molar-refractivity contribution in [3.63, 3.8) is 0 Å². The average molecular weight is 322 g/mol. The minimum Gasteiger partial charge on any atom is -0.444 e. The van der Waals surface area contributed by atoms with Gasteiger partial charge >= 0.3 is 6.09 Å². The number of amides is 1. The van der Waals surface area contributed by atoms with Crippen molar-refractivity contribution >= 4 is 6.09 Å². The van der Waals surface area contributed by atoms with E-state index < -0.39 is 5.60 Å². The number of aromatic nitrogens is 2. The maximum absolute atomic E-state index is 11.9. The van der Waals surface area contributed by atoms with Crippen molar-refractivity contribution in [1.82, 2.24) is 20.8 Å². The first-order valence-corrected chi connectivity index (χ1v) is 8.43. The van der Waals surface area contributed by atoms with E-state index in [0.29, 0.717) is 6.54 Å². The normalized spacial score (nSPS) is 17.3. The first kappa shape index (κ1) is 17.8. The highest BCUT2D eigenvalue weighted by Crippen LogP contribution is 2.30. The molecular weight excluding hydrogens is 292 g/mol. The summed E-state index contributed by atoms with van der Waals surface area (Å²) in [7, 11) is 0. The monoisotopic (exact) mass is 322 g/mol. The minimum atomic E-state index is -0.467. The molecule has 130 valence electrons. The highest BCUT2D eigenvalue weighted by atomic mass is 16.6. The standard InChI is InChI=1S/C17H30N4O2/c1-12-14(13(2)21-20-12)10-19-17(8-6-7-9-17)11-18-15(22)23-16(3,4)5/h19H,6-11H2,1-5H3,(H,18,22)(H,20,21). The molecule has 1 aliphatic carbocycles. The molecule has 0 aromatic carbocycles. The molecule has 23 heavy (non-hydrogen) atoms. The number of hydrogen-bond acceptors (Lipinski definition) is 4. The predicted molar refractivity (Wildman–Crippen MR) is 90.3 cm³/mol. The number of aromatic amines is 1. The zero-order valence-electron chi connectivity index (χ0n) is 15.0. The topological polar surface area (TPSA) is 79.0 Å². The van der Waals surface area contributed by atoms with Crippen LogP contribution in [0.25, 0.3) is 0 Å². The van der Waals surface area contributed by atoms with Crippen LogP contribution in [0.1, 0.15) is 63.4 Å². The molecule has 1 aliphatic rings. The fourth-order valence-electron chi connectivity index (χ4n) is 3.13. The van der Waals surface area contributed by atoms with Gasteiger partial charge in [0.1, 0.15) is 5.60 Å². The third-order valence-electron chi connectivity index (χ3n) is 4.45. The molecule has 1 aromatic rings. The van der Waals surface area contributed by atoms with Gasteiger partial charge in [-0.05, 0) is 47.5 Å². The van der Waals surface area contributed by atoms with Crippen molar-refractivity contribution in [2.24, 2.45) is 0 Å².